The van der Waals surface area contributed by atoms with Crippen molar-refractivity contribution in [2.45, 2.75) is 39.5 Å². The zero-order valence-corrected chi connectivity index (χ0v) is 34.4. The van der Waals surface area contributed by atoms with Crippen molar-refractivity contribution in [1.82, 2.24) is 19.4 Å². The molecule has 0 aliphatic carbocycles. The lowest BCUT2D eigenvalue weighted by molar-refractivity contribution is -0.138. The first-order valence-electron chi connectivity index (χ1n) is 19.1. The van der Waals surface area contributed by atoms with Crippen LogP contribution in [0.25, 0.3) is 33.9 Å². The smallest absolute Gasteiger partial charge is 0.303 e. The van der Waals surface area contributed by atoms with Gasteiger partial charge in [0.2, 0.25) is 0 Å². The summed E-state index contributed by atoms with van der Waals surface area (Å²) in [5.74, 6) is -0.338. The number of nitrogens with one attached hydrogen (secondary N) is 1. The summed E-state index contributed by atoms with van der Waals surface area (Å²) in [6.45, 7) is 3.90. The van der Waals surface area contributed by atoms with E-state index in [4.69, 9.17) is 19.7 Å². The molecule has 4 aromatic carbocycles. The van der Waals surface area contributed by atoms with E-state index >= 15 is 0 Å². The van der Waals surface area contributed by atoms with E-state index in [0.717, 1.165) is 67.9 Å². The van der Waals surface area contributed by atoms with Crippen LogP contribution in [0.5, 0.6) is 11.5 Å². The fourth-order valence-electron chi connectivity index (χ4n) is 6.85. The molecule has 6 aromatic rings. The molecular formula is C47H50N4O8. The molecule has 2 aromatic heterocycles. The highest BCUT2D eigenvalue weighted by Gasteiger charge is 2.18. The van der Waals surface area contributed by atoms with Crippen LogP contribution < -0.4 is 14.8 Å². The molecule has 0 saturated heterocycles. The molecule has 59 heavy (non-hydrogen) atoms. The van der Waals surface area contributed by atoms with Crippen molar-refractivity contribution in [2.24, 2.45) is 0 Å². The van der Waals surface area contributed by atoms with Crippen LogP contribution in [0.2, 0.25) is 0 Å². The highest BCUT2D eigenvalue weighted by atomic mass is 16.5. The summed E-state index contributed by atoms with van der Waals surface area (Å²) in [5.41, 5.74) is 10.6. The number of methoxy groups -OCH3 is 2. The van der Waals surface area contributed by atoms with E-state index in [1.54, 1.807) is 46.3 Å². The van der Waals surface area contributed by atoms with Crippen molar-refractivity contribution in [3.05, 3.63) is 143 Å². The molecule has 0 aliphatic rings. The number of aryl methyl sites for hydroxylation is 4. The number of carbonyl (C=O) groups excluding carboxylic acids is 2. The zero-order valence-electron chi connectivity index (χ0n) is 34.4. The van der Waals surface area contributed by atoms with E-state index in [1.807, 2.05) is 117 Å². The number of nitrogens with zero attached hydrogens (tertiary/aromatic N) is 3. The summed E-state index contributed by atoms with van der Waals surface area (Å²) < 4.78 is 14.6. The summed E-state index contributed by atoms with van der Waals surface area (Å²) in [4.78, 5) is 48.1. The first-order chi connectivity index (χ1) is 28.3. The second-order valence-electron chi connectivity index (χ2n) is 14.1. The maximum Gasteiger partial charge on any atom is 0.303 e. The maximum absolute atomic E-state index is 12.3. The molecule has 2 heterocycles. The Balaban J connectivity index is 0.000000224. The number of amides is 2. The van der Waals surface area contributed by atoms with Gasteiger partial charge in [-0.2, -0.15) is 0 Å². The molecule has 0 fully saturated rings. The first kappa shape index (κ1) is 43.1. The molecule has 0 aliphatic heterocycles. The highest BCUT2D eigenvalue weighted by Crippen LogP contribution is 2.32. The van der Waals surface area contributed by atoms with Crippen LogP contribution in [0.1, 0.15) is 56.1 Å². The van der Waals surface area contributed by atoms with Crippen molar-refractivity contribution in [3.63, 3.8) is 0 Å². The number of carboxylic acids is 2. The predicted octanol–water partition coefficient (Wildman–Crippen LogP) is 8.02. The third kappa shape index (κ3) is 10.3. The van der Waals surface area contributed by atoms with Gasteiger partial charge < -0.3 is 39.0 Å². The number of carbonyl (C=O) groups is 4. The van der Waals surface area contributed by atoms with Gasteiger partial charge in [0.25, 0.3) is 11.8 Å². The van der Waals surface area contributed by atoms with E-state index in [0.29, 0.717) is 24.0 Å². The Labute approximate surface area is 344 Å². The summed E-state index contributed by atoms with van der Waals surface area (Å²) in [5, 5.41) is 20.9. The number of carboxylic acid groups (broad SMARTS) is 2. The molecule has 306 valence electrons. The van der Waals surface area contributed by atoms with Gasteiger partial charge >= 0.3 is 11.9 Å². The van der Waals surface area contributed by atoms with Crippen LogP contribution in [0.4, 0.5) is 0 Å². The topological polar surface area (TPSA) is 152 Å². The van der Waals surface area contributed by atoms with E-state index in [9.17, 15) is 19.2 Å². The van der Waals surface area contributed by atoms with E-state index in [1.165, 1.54) is 0 Å². The molecular weight excluding hydrogens is 749 g/mol. The molecule has 0 saturated carbocycles. The molecule has 3 N–H and O–H groups in total. The van der Waals surface area contributed by atoms with Crippen LogP contribution in [-0.4, -0.2) is 83.4 Å². The average molecular weight is 799 g/mol. The Morgan fingerprint density at radius 3 is 1.36 bits per heavy atom. The summed E-state index contributed by atoms with van der Waals surface area (Å²) in [6.07, 6.45) is 0.898. The second kappa shape index (κ2) is 19.4. The van der Waals surface area contributed by atoms with Gasteiger partial charge in [0.05, 0.1) is 38.4 Å². The number of aromatic nitrogens is 2. The molecule has 2 amide bonds. The van der Waals surface area contributed by atoms with E-state index in [2.05, 4.69) is 14.5 Å². The largest absolute Gasteiger partial charge is 0.497 e. The fraction of sp³-hybridized carbons (Fsp3) is 0.234. The number of rotatable bonds is 14. The van der Waals surface area contributed by atoms with Gasteiger partial charge in [-0.3, -0.25) is 19.2 Å². The fourth-order valence-corrected chi connectivity index (χ4v) is 6.85. The number of hydrogen-bond donors (Lipinski definition) is 3. The molecule has 0 unspecified atom stereocenters. The Bertz CT molecular complexity index is 2440. The van der Waals surface area contributed by atoms with Gasteiger partial charge in [0.15, 0.2) is 0 Å². The second-order valence-corrected chi connectivity index (χ2v) is 14.1. The summed E-state index contributed by atoms with van der Waals surface area (Å²) >= 11 is 0. The molecule has 6 rings (SSSR count). The normalized spacial score (nSPS) is 10.6. The van der Waals surface area contributed by atoms with Gasteiger partial charge in [-0.25, -0.2) is 0 Å². The van der Waals surface area contributed by atoms with E-state index < -0.39 is 11.9 Å². The molecule has 12 heteroatoms. The minimum Gasteiger partial charge on any atom is -0.497 e. The third-order valence-electron chi connectivity index (χ3n) is 9.90. The molecule has 0 radical (unpaired) electrons. The maximum atomic E-state index is 12.3. The monoisotopic (exact) mass is 798 g/mol. The van der Waals surface area contributed by atoms with Crippen molar-refractivity contribution in [3.8, 4) is 45.4 Å². The van der Waals surface area contributed by atoms with Crippen molar-refractivity contribution >= 4 is 23.8 Å². The van der Waals surface area contributed by atoms with Gasteiger partial charge in [0.1, 0.15) is 11.5 Å². The molecule has 0 spiro atoms. The summed E-state index contributed by atoms with van der Waals surface area (Å²) in [7, 11) is 8.30. The predicted molar refractivity (Wildman–Crippen MR) is 228 cm³/mol. The lowest BCUT2D eigenvalue weighted by atomic mass is 10.1. The van der Waals surface area contributed by atoms with Crippen molar-refractivity contribution < 1.29 is 38.9 Å². The average Bonchev–Trinajstić information content (AvgIpc) is 3.86. The Kier molecular flexibility index (Phi) is 14.1. The zero-order chi connectivity index (χ0) is 42.8. The van der Waals surface area contributed by atoms with Crippen LogP contribution in [0.3, 0.4) is 0 Å². The number of hydrogen-bond acceptors (Lipinski definition) is 6. The highest BCUT2D eigenvalue weighted by molar-refractivity contribution is 5.95. The standard InChI is InChI=1S/C24H26N2O4.C23H24N2O4/c1-16-15-18(24(29)25(2)3)7-12-21(16)26-19(9-14-23(27)28)8-13-22(26)17-5-10-20(30-4)11-6-17;1-15-14-17(23(28)24-2)6-11-20(15)25-18(8-13-22(26)27)7-12-21(25)16-4-9-19(29-3)10-5-16/h5-8,10-13,15H,9,14H2,1-4H3,(H,27,28);4-7,9-12,14H,8,13H2,1-3H3,(H,24,28)(H,26,27). The minimum atomic E-state index is -0.838. The molecule has 0 bridgehead atoms. The third-order valence-corrected chi connectivity index (χ3v) is 9.90. The van der Waals surface area contributed by atoms with Gasteiger partial charge in [0, 0.05) is 55.0 Å². The van der Waals surface area contributed by atoms with Crippen LogP contribution in [-0.2, 0) is 22.4 Å². The van der Waals surface area contributed by atoms with Gasteiger partial charge in [-0.05, 0) is 158 Å². The summed E-state index contributed by atoms with van der Waals surface area (Å²) in [6, 6.07) is 34.5. The van der Waals surface area contributed by atoms with Crippen LogP contribution in [0, 0.1) is 13.8 Å². The molecule has 12 nitrogen and oxygen atoms in total. The number of benzene rings is 4. The lowest BCUT2D eigenvalue weighted by Gasteiger charge is -2.18. The number of aliphatic carboxylic acids is 2. The first-order valence-corrected chi connectivity index (χ1v) is 19.1. The quantitative estimate of drug-likeness (QED) is 0.100. The van der Waals surface area contributed by atoms with E-state index in [-0.39, 0.29) is 24.7 Å². The van der Waals surface area contributed by atoms with Crippen molar-refractivity contribution in [1.29, 1.82) is 0 Å². The van der Waals surface area contributed by atoms with Gasteiger partial charge in [-0.1, -0.05) is 0 Å². The van der Waals surface area contributed by atoms with Crippen LogP contribution >= 0.6 is 0 Å². The molecule has 0 atom stereocenters. The van der Waals surface area contributed by atoms with Crippen LogP contribution in [0.15, 0.2) is 109 Å². The van der Waals surface area contributed by atoms with Gasteiger partial charge in [-0.15, -0.1) is 0 Å². The SMILES string of the molecule is CNC(=O)c1ccc(-n2c(CCC(=O)O)ccc2-c2ccc(OC)cc2)c(C)c1.COc1ccc(-c2ccc(CCC(=O)O)n2-c2ccc(C(=O)N(C)C)cc2C)cc1. The minimum absolute atomic E-state index is 0.0431. The Morgan fingerprint density at radius 1 is 0.593 bits per heavy atom. The number of ether oxygens (including phenoxy) is 2. The Hall–Kier alpha value is -7.08. The lowest BCUT2D eigenvalue weighted by Crippen LogP contribution is -2.21. The van der Waals surface area contributed by atoms with Crippen molar-refractivity contribution in [2.75, 3.05) is 35.4 Å². The Morgan fingerprint density at radius 2 is 1.00 bits per heavy atom.